The highest BCUT2D eigenvalue weighted by atomic mass is 35.5. The van der Waals surface area contributed by atoms with Crippen molar-refractivity contribution in [2.75, 3.05) is 6.61 Å². The molecular weight excluding hydrogens is 254 g/mol. The first-order chi connectivity index (χ1) is 8.67. The molecule has 0 saturated carbocycles. The van der Waals surface area contributed by atoms with E-state index in [1.807, 2.05) is 24.3 Å². The molecule has 2 aromatic rings. The summed E-state index contributed by atoms with van der Waals surface area (Å²) in [5.41, 5.74) is 1.89. The molecule has 1 saturated heterocycles. The quantitative estimate of drug-likeness (QED) is 0.780. The van der Waals surface area contributed by atoms with Crippen LogP contribution in [0.1, 0.15) is 18.2 Å². The Balaban J connectivity index is 1.91. The summed E-state index contributed by atoms with van der Waals surface area (Å²) in [6, 6.07) is 7.59. The van der Waals surface area contributed by atoms with Crippen molar-refractivity contribution in [2.24, 2.45) is 0 Å². The molecule has 1 fully saturated rings. The van der Waals surface area contributed by atoms with E-state index >= 15 is 0 Å². The molecule has 3 N–H and O–H groups in total. The first-order valence-electron chi connectivity index (χ1n) is 5.90. The van der Waals surface area contributed by atoms with Crippen LogP contribution in [0.3, 0.4) is 0 Å². The smallest absolute Gasteiger partial charge is 0.107 e. The molecule has 0 radical (unpaired) electrons. The fourth-order valence-corrected chi connectivity index (χ4v) is 2.57. The van der Waals surface area contributed by atoms with Crippen molar-refractivity contribution in [3.63, 3.8) is 0 Å². The molecule has 3 atom stereocenters. The molecule has 3 rings (SSSR count). The van der Waals surface area contributed by atoms with E-state index in [9.17, 15) is 5.11 Å². The Kier molecular flexibility index (Phi) is 3.03. The Labute approximate surface area is 109 Å². The van der Waals surface area contributed by atoms with Gasteiger partial charge in [-0.3, -0.25) is 0 Å². The SMILES string of the molecule is OC[C@H]1O[C@H](c2cc3cc(Cl)ccc3[nH]2)C[C@@H]1O. The van der Waals surface area contributed by atoms with E-state index < -0.39 is 12.2 Å². The molecular formula is C13H14ClNO3. The molecule has 0 spiro atoms. The van der Waals surface area contributed by atoms with Gasteiger partial charge in [0.25, 0.3) is 0 Å². The molecule has 1 aromatic carbocycles. The van der Waals surface area contributed by atoms with Crippen molar-refractivity contribution < 1.29 is 14.9 Å². The predicted molar refractivity (Wildman–Crippen MR) is 68.6 cm³/mol. The van der Waals surface area contributed by atoms with Gasteiger partial charge in [-0.15, -0.1) is 0 Å². The van der Waals surface area contributed by atoms with Crippen LogP contribution in [-0.2, 0) is 4.74 Å². The molecule has 1 aliphatic heterocycles. The maximum atomic E-state index is 9.72. The lowest BCUT2D eigenvalue weighted by atomic mass is 10.1. The second kappa shape index (κ2) is 4.55. The van der Waals surface area contributed by atoms with Crippen LogP contribution in [-0.4, -0.2) is 34.0 Å². The number of nitrogens with one attached hydrogen (secondary N) is 1. The van der Waals surface area contributed by atoms with Crippen LogP contribution in [0.5, 0.6) is 0 Å². The number of rotatable bonds is 2. The van der Waals surface area contributed by atoms with Gasteiger partial charge < -0.3 is 19.9 Å². The summed E-state index contributed by atoms with van der Waals surface area (Å²) in [5, 5.41) is 20.5. The first kappa shape index (κ1) is 12.0. The molecule has 18 heavy (non-hydrogen) atoms. The molecule has 4 nitrogen and oxygen atoms in total. The van der Waals surface area contributed by atoms with E-state index in [1.165, 1.54) is 0 Å². The number of benzene rings is 1. The standard InChI is InChI=1S/C13H14ClNO3/c14-8-1-2-9-7(3-8)4-10(15-9)12-5-11(17)13(6-16)18-12/h1-4,11-13,15-17H,5-6H2/t11-,12-,13+/m0/s1. The lowest BCUT2D eigenvalue weighted by Crippen LogP contribution is -2.24. The summed E-state index contributed by atoms with van der Waals surface area (Å²) in [7, 11) is 0. The maximum absolute atomic E-state index is 9.72. The van der Waals surface area contributed by atoms with Gasteiger partial charge in [0.15, 0.2) is 0 Å². The number of aromatic nitrogens is 1. The average molecular weight is 268 g/mol. The molecule has 2 heterocycles. The molecule has 1 aromatic heterocycles. The fraction of sp³-hybridized carbons (Fsp3) is 0.385. The lowest BCUT2D eigenvalue weighted by Gasteiger charge is -2.10. The van der Waals surface area contributed by atoms with Crippen molar-refractivity contribution in [3.8, 4) is 0 Å². The number of fused-ring (bicyclic) bond motifs is 1. The average Bonchev–Trinajstić information content (AvgIpc) is 2.91. The zero-order valence-electron chi connectivity index (χ0n) is 9.64. The summed E-state index contributed by atoms with van der Waals surface area (Å²) in [4.78, 5) is 3.25. The zero-order valence-corrected chi connectivity index (χ0v) is 10.4. The second-order valence-electron chi connectivity index (χ2n) is 4.61. The van der Waals surface area contributed by atoms with Gasteiger partial charge in [0.2, 0.25) is 0 Å². The zero-order chi connectivity index (χ0) is 12.7. The van der Waals surface area contributed by atoms with Crippen molar-refractivity contribution in [1.82, 2.24) is 4.98 Å². The third kappa shape index (κ3) is 2.01. The summed E-state index contributed by atoms with van der Waals surface area (Å²) in [5.74, 6) is 0. The van der Waals surface area contributed by atoms with Gasteiger partial charge in [0, 0.05) is 28.0 Å². The first-order valence-corrected chi connectivity index (χ1v) is 6.27. The fourth-order valence-electron chi connectivity index (χ4n) is 2.39. The Morgan fingerprint density at radius 3 is 2.94 bits per heavy atom. The van der Waals surface area contributed by atoms with E-state index in [0.717, 1.165) is 16.6 Å². The van der Waals surface area contributed by atoms with Crippen LogP contribution in [0.4, 0.5) is 0 Å². The number of halogens is 1. The van der Waals surface area contributed by atoms with Gasteiger partial charge >= 0.3 is 0 Å². The molecule has 1 aliphatic rings. The van der Waals surface area contributed by atoms with Crippen LogP contribution >= 0.6 is 11.6 Å². The van der Waals surface area contributed by atoms with Crippen molar-refractivity contribution in [3.05, 3.63) is 35.0 Å². The van der Waals surface area contributed by atoms with E-state index in [2.05, 4.69) is 4.98 Å². The molecule has 0 bridgehead atoms. The van der Waals surface area contributed by atoms with Gasteiger partial charge in [-0.2, -0.15) is 0 Å². The third-order valence-corrected chi connectivity index (χ3v) is 3.59. The van der Waals surface area contributed by atoms with E-state index in [-0.39, 0.29) is 12.7 Å². The minimum atomic E-state index is -0.616. The number of aliphatic hydroxyl groups excluding tert-OH is 2. The van der Waals surface area contributed by atoms with Crippen molar-refractivity contribution in [2.45, 2.75) is 24.7 Å². The second-order valence-corrected chi connectivity index (χ2v) is 5.04. The third-order valence-electron chi connectivity index (χ3n) is 3.35. The van der Waals surface area contributed by atoms with E-state index in [0.29, 0.717) is 11.4 Å². The minimum absolute atomic E-state index is 0.163. The van der Waals surface area contributed by atoms with Crippen LogP contribution in [0.25, 0.3) is 10.9 Å². The van der Waals surface area contributed by atoms with E-state index in [4.69, 9.17) is 21.4 Å². The number of hydrogen-bond acceptors (Lipinski definition) is 3. The molecule has 0 aliphatic carbocycles. The molecule has 96 valence electrons. The highest BCUT2D eigenvalue weighted by Crippen LogP contribution is 2.34. The summed E-state index contributed by atoms with van der Waals surface area (Å²) in [6.07, 6.45) is -0.825. The summed E-state index contributed by atoms with van der Waals surface area (Å²) < 4.78 is 5.60. The number of hydrogen-bond donors (Lipinski definition) is 3. The van der Waals surface area contributed by atoms with Gasteiger partial charge in [0.1, 0.15) is 12.2 Å². The van der Waals surface area contributed by atoms with Crippen LogP contribution in [0, 0.1) is 0 Å². The number of H-pyrrole nitrogens is 1. The predicted octanol–water partition coefficient (Wildman–Crippen LogP) is 2.00. The topological polar surface area (TPSA) is 65.5 Å². The number of ether oxygens (including phenoxy) is 1. The van der Waals surface area contributed by atoms with Gasteiger partial charge in [0.05, 0.1) is 12.7 Å². The lowest BCUT2D eigenvalue weighted by molar-refractivity contribution is -0.0234. The van der Waals surface area contributed by atoms with Crippen molar-refractivity contribution >= 4 is 22.5 Å². The molecule has 0 amide bonds. The Morgan fingerprint density at radius 2 is 2.22 bits per heavy atom. The maximum Gasteiger partial charge on any atom is 0.107 e. The minimum Gasteiger partial charge on any atom is -0.394 e. The monoisotopic (exact) mass is 267 g/mol. The van der Waals surface area contributed by atoms with Gasteiger partial charge in [-0.05, 0) is 24.3 Å². The Hall–Kier alpha value is -1.07. The van der Waals surface area contributed by atoms with E-state index in [1.54, 1.807) is 0 Å². The Bertz CT molecular complexity index is 568. The van der Waals surface area contributed by atoms with Crippen LogP contribution < -0.4 is 0 Å². The van der Waals surface area contributed by atoms with Crippen molar-refractivity contribution in [1.29, 1.82) is 0 Å². The summed E-state index contributed by atoms with van der Waals surface area (Å²) in [6.45, 7) is -0.163. The largest absolute Gasteiger partial charge is 0.394 e. The number of aliphatic hydroxyl groups is 2. The van der Waals surface area contributed by atoms with Crippen LogP contribution in [0.15, 0.2) is 24.3 Å². The summed E-state index contributed by atoms with van der Waals surface area (Å²) >= 11 is 5.94. The normalized spacial score (nSPS) is 28.1. The van der Waals surface area contributed by atoms with Gasteiger partial charge in [-0.1, -0.05) is 11.6 Å². The number of aromatic amines is 1. The molecule has 5 heteroatoms. The van der Waals surface area contributed by atoms with Crippen LogP contribution in [0.2, 0.25) is 5.02 Å². The Morgan fingerprint density at radius 1 is 1.39 bits per heavy atom. The highest BCUT2D eigenvalue weighted by Gasteiger charge is 2.34. The van der Waals surface area contributed by atoms with Gasteiger partial charge in [-0.25, -0.2) is 0 Å². The highest BCUT2D eigenvalue weighted by molar-refractivity contribution is 6.31. The molecule has 0 unspecified atom stereocenters.